The number of carboxylic acid groups (broad SMARTS) is 1. The summed E-state index contributed by atoms with van der Waals surface area (Å²) in [5.41, 5.74) is 2.41. The molecule has 2 aromatic rings. The zero-order chi connectivity index (χ0) is 13.3. The first-order chi connectivity index (χ1) is 8.49. The average Bonchev–Trinajstić information content (AvgIpc) is 2.71. The van der Waals surface area contributed by atoms with Gasteiger partial charge in [-0.05, 0) is 52.3 Å². The Labute approximate surface area is 120 Å². The molecule has 94 valence electrons. The second-order valence-corrected chi connectivity index (χ2v) is 5.71. The molecule has 3 nitrogen and oxygen atoms in total. The molecule has 0 unspecified atom stereocenters. The molecule has 0 atom stereocenters. The Hall–Kier alpha value is -1.30. The molecule has 18 heavy (non-hydrogen) atoms. The van der Waals surface area contributed by atoms with Gasteiger partial charge in [0.25, 0.3) is 0 Å². The van der Waals surface area contributed by atoms with E-state index in [-0.39, 0.29) is 5.69 Å². The summed E-state index contributed by atoms with van der Waals surface area (Å²) in [6.45, 7) is 4.27. The van der Waals surface area contributed by atoms with Crippen LogP contribution in [0, 0.1) is 3.57 Å². The summed E-state index contributed by atoms with van der Waals surface area (Å²) >= 11 is 2.12. The molecule has 1 heterocycles. The Balaban J connectivity index is 2.45. The van der Waals surface area contributed by atoms with Crippen LogP contribution in [-0.2, 0) is 0 Å². The van der Waals surface area contributed by atoms with Gasteiger partial charge in [-0.15, -0.1) is 0 Å². The van der Waals surface area contributed by atoms with Crippen LogP contribution in [0.5, 0.6) is 0 Å². The first-order valence-corrected chi connectivity index (χ1v) is 6.78. The average molecular weight is 355 g/mol. The van der Waals surface area contributed by atoms with Gasteiger partial charge in [0.15, 0.2) is 0 Å². The van der Waals surface area contributed by atoms with Crippen molar-refractivity contribution >= 4 is 28.6 Å². The number of aromatic carboxylic acids is 1. The minimum atomic E-state index is -0.911. The van der Waals surface area contributed by atoms with Gasteiger partial charge in [0, 0.05) is 15.5 Å². The number of carboxylic acids is 1. The van der Waals surface area contributed by atoms with Crippen molar-refractivity contribution in [3.05, 3.63) is 51.4 Å². The predicted molar refractivity (Wildman–Crippen MR) is 79.5 cm³/mol. The maximum absolute atomic E-state index is 11.2. The highest BCUT2D eigenvalue weighted by atomic mass is 127. The highest BCUT2D eigenvalue weighted by molar-refractivity contribution is 14.1. The van der Waals surface area contributed by atoms with Crippen LogP contribution in [0.1, 0.15) is 35.8 Å². The molecule has 2 rings (SSSR count). The molecule has 0 amide bonds. The number of benzene rings is 1. The van der Waals surface area contributed by atoms with E-state index < -0.39 is 5.97 Å². The fourth-order valence-corrected chi connectivity index (χ4v) is 2.40. The number of halogens is 1. The number of carbonyl (C=O) groups is 1. The van der Waals surface area contributed by atoms with Crippen LogP contribution in [0.25, 0.3) is 5.69 Å². The molecule has 0 radical (unpaired) electrons. The number of aromatic nitrogens is 1. The summed E-state index contributed by atoms with van der Waals surface area (Å²) in [6.07, 6.45) is 1.83. The molecule has 0 saturated heterocycles. The predicted octanol–water partition coefficient (Wildman–Crippen LogP) is 3.90. The Morgan fingerprint density at radius 1 is 1.28 bits per heavy atom. The quantitative estimate of drug-likeness (QED) is 0.849. The molecule has 0 spiro atoms. The lowest BCUT2D eigenvalue weighted by molar-refractivity contribution is 0.0688. The SMILES string of the molecule is CC(C)c1ccc(-n2cc(I)cc2C(=O)O)cc1. The van der Waals surface area contributed by atoms with Crippen LogP contribution in [-0.4, -0.2) is 15.6 Å². The molecule has 1 N–H and O–H groups in total. The molecular weight excluding hydrogens is 341 g/mol. The normalized spacial score (nSPS) is 10.9. The minimum absolute atomic E-state index is 0.289. The third kappa shape index (κ3) is 2.58. The molecule has 0 aliphatic rings. The number of rotatable bonds is 3. The number of hydrogen-bond acceptors (Lipinski definition) is 1. The molecule has 0 fully saturated rings. The first-order valence-electron chi connectivity index (χ1n) is 5.70. The second-order valence-electron chi connectivity index (χ2n) is 4.46. The van der Waals surface area contributed by atoms with Gasteiger partial charge < -0.3 is 9.67 Å². The van der Waals surface area contributed by atoms with Crippen molar-refractivity contribution in [3.63, 3.8) is 0 Å². The maximum atomic E-state index is 11.2. The molecule has 1 aromatic carbocycles. The highest BCUT2D eigenvalue weighted by Gasteiger charge is 2.12. The van der Waals surface area contributed by atoms with Crippen molar-refractivity contribution in [1.82, 2.24) is 4.57 Å². The molecule has 4 heteroatoms. The van der Waals surface area contributed by atoms with Crippen LogP contribution in [0.2, 0.25) is 0 Å². The third-order valence-corrected chi connectivity index (χ3v) is 3.43. The van der Waals surface area contributed by atoms with Crippen molar-refractivity contribution in [2.75, 3.05) is 0 Å². The highest BCUT2D eigenvalue weighted by Crippen LogP contribution is 2.20. The van der Waals surface area contributed by atoms with Gasteiger partial charge in [-0.25, -0.2) is 4.79 Å². The largest absolute Gasteiger partial charge is 0.477 e. The molecule has 0 aliphatic carbocycles. The number of hydrogen-bond donors (Lipinski definition) is 1. The third-order valence-electron chi connectivity index (χ3n) is 2.84. The summed E-state index contributed by atoms with van der Waals surface area (Å²) in [4.78, 5) is 11.2. The van der Waals surface area contributed by atoms with E-state index in [1.54, 1.807) is 10.6 Å². The van der Waals surface area contributed by atoms with E-state index in [1.807, 2.05) is 30.5 Å². The van der Waals surface area contributed by atoms with Crippen LogP contribution in [0.15, 0.2) is 36.5 Å². The van der Waals surface area contributed by atoms with Crippen molar-refractivity contribution in [3.8, 4) is 5.69 Å². The van der Waals surface area contributed by atoms with Gasteiger partial charge in [-0.3, -0.25) is 0 Å². The zero-order valence-corrected chi connectivity index (χ0v) is 12.4. The molecule has 0 aliphatic heterocycles. The summed E-state index contributed by atoms with van der Waals surface area (Å²) in [5.74, 6) is -0.436. The van der Waals surface area contributed by atoms with E-state index in [0.29, 0.717) is 5.92 Å². The van der Waals surface area contributed by atoms with Crippen molar-refractivity contribution in [2.45, 2.75) is 19.8 Å². The molecule has 0 saturated carbocycles. The van der Waals surface area contributed by atoms with E-state index in [9.17, 15) is 4.79 Å². The molecular formula is C14H14INO2. The van der Waals surface area contributed by atoms with Gasteiger partial charge in [-0.2, -0.15) is 0 Å². The van der Waals surface area contributed by atoms with Crippen molar-refractivity contribution in [1.29, 1.82) is 0 Å². The molecule has 1 aromatic heterocycles. The van der Waals surface area contributed by atoms with E-state index >= 15 is 0 Å². The Morgan fingerprint density at radius 3 is 2.39 bits per heavy atom. The topological polar surface area (TPSA) is 42.2 Å². The zero-order valence-electron chi connectivity index (χ0n) is 10.2. The van der Waals surface area contributed by atoms with Gasteiger partial charge in [0.1, 0.15) is 5.69 Å². The summed E-state index contributed by atoms with van der Waals surface area (Å²) in [6, 6.07) is 9.66. The summed E-state index contributed by atoms with van der Waals surface area (Å²) in [7, 11) is 0. The second kappa shape index (κ2) is 5.14. The van der Waals surface area contributed by atoms with Crippen molar-refractivity contribution in [2.24, 2.45) is 0 Å². The van der Waals surface area contributed by atoms with Crippen molar-refractivity contribution < 1.29 is 9.90 Å². The van der Waals surface area contributed by atoms with Crippen LogP contribution in [0.3, 0.4) is 0 Å². The smallest absolute Gasteiger partial charge is 0.352 e. The Morgan fingerprint density at radius 2 is 1.89 bits per heavy atom. The van der Waals surface area contributed by atoms with E-state index in [4.69, 9.17) is 5.11 Å². The fraction of sp³-hybridized carbons (Fsp3) is 0.214. The molecule has 0 bridgehead atoms. The maximum Gasteiger partial charge on any atom is 0.352 e. The first kappa shape index (κ1) is 13.1. The Kier molecular flexibility index (Phi) is 3.75. The van der Waals surface area contributed by atoms with E-state index in [1.165, 1.54) is 5.56 Å². The summed E-state index contributed by atoms with van der Waals surface area (Å²) in [5, 5.41) is 9.16. The minimum Gasteiger partial charge on any atom is -0.477 e. The Bertz CT molecular complexity index is 570. The lowest BCUT2D eigenvalue weighted by Gasteiger charge is -2.09. The lowest BCUT2D eigenvalue weighted by Crippen LogP contribution is -2.05. The standard InChI is InChI=1S/C14H14INO2/c1-9(2)10-3-5-12(6-4-10)16-8-11(15)7-13(16)14(17)18/h3-9H,1-2H3,(H,17,18). The van der Waals surface area contributed by atoms with E-state index in [0.717, 1.165) is 9.26 Å². The lowest BCUT2D eigenvalue weighted by atomic mass is 10.0. The van der Waals surface area contributed by atoms with Crippen LogP contribution < -0.4 is 0 Å². The van der Waals surface area contributed by atoms with Crippen LogP contribution >= 0.6 is 22.6 Å². The van der Waals surface area contributed by atoms with Gasteiger partial charge in [0.2, 0.25) is 0 Å². The fourth-order valence-electron chi connectivity index (χ4n) is 1.83. The van der Waals surface area contributed by atoms with Gasteiger partial charge in [-0.1, -0.05) is 26.0 Å². The van der Waals surface area contributed by atoms with E-state index in [2.05, 4.69) is 36.4 Å². The van der Waals surface area contributed by atoms with Gasteiger partial charge in [0.05, 0.1) is 0 Å². The number of nitrogens with zero attached hydrogens (tertiary/aromatic N) is 1. The van der Waals surface area contributed by atoms with Crippen LogP contribution in [0.4, 0.5) is 0 Å². The van der Waals surface area contributed by atoms with Gasteiger partial charge >= 0.3 is 5.97 Å². The monoisotopic (exact) mass is 355 g/mol. The summed E-state index contributed by atoms with van der Waals surface area (Å²) < 4.78 is 2.62.